The highest BCUT2D eigenvalue weighted by molar-refractivity contribution is 7.13. The maximum absolute atomic E-state index is 12.6. The summed E-state index contributed by atoms with van der Waals surface area (Å²) < 4.78 is 10.7. The Balaban J connectivity index is 1.46. The first-order chi connectivity index (χ1) is 14.2. The lowest BCUT2D eigenvalue weighted by Gasteiger charge is -2.19. The molecule has 0 spiro atoms. The van der Waals surface area contributed by atoms with Crippen LogP contribution in [0.4, 0.5) is 5.69 Å². The summed E-state index contributed by atoms with van der Waals surface area (Å²) in [6.07, 6.45) is 4.79. The molecule has 150 valence electrons. The standard InChI is InChI=1S/C23H24N2O3S/c1-27-20-11-10-16(12-21(20)28-2)23-24-17(14-29-23)13-22(26)25-19-9-5-7-15-6-3-4-8-18(15)19/h5,7,9-12,14H,3-4,6,8,13H2,1-2H3,(H,25,26). The number of thiazole rings is 1. The zero-order chi connectivity index (χ0) is 20.2. The van der Waals surface area contributed by atoms with Gasteiger partial charge < -0.3 is 14.8 Å². The second-order valence-corrected chi connectivity index (χ2v) is 7.95. The molecule has 0 saturated carbocycles. The summed E-state index contributed by atoms with van der Waals surface area (Å²) in [7, 11) is 3.23. The SMILES string of the molecule is COc1ccc(-c2nc(CC(=O)Nc3cccc4c3CCCC4)cs2)cc1OC. The number of rotatable bonds is 6. The first kappa shape index (κ1) is 19.5. The van der Waals surface area contributed by atoms with Crippen LogP contribution in [0.2, 0.25) is 0 Å². The monoisotopic (exact) mass is 408 g/mol. The number of hydrogen-bond donors (Lipinski definition) is 1. The Morgan fingerprint density at radius 3 is 2.76 bits per heavy atom. The molecule has 0 radical (unpaired) electrons. The summed E-state index contributed by atoms with van der Waals surface area (Å²) in [5.74, 6) is 1.31. The fourth-order valence-electron chi connectivity index (χ4n) is 3.75. The minimum absolute atomic E-state index is 0.0341. The van der Waals surface area contributed by atoms with Crippen molar-refractivity contribution in [2.75, 3.05) is 19.5 Å². The number of benzene rings is 2. The van der Waals surface area contributed by atoms with Gasteiger partial charge in [-0.25, -0.2) is 4.98 Å². The van der Waals surface area contributed by atoms with Gasteiger partial charge in [0.2, 0.25) is 5.91 Å². The second-order valence-electron chi connectivity index (χ2n) is 7.09. The lowest BCUT2D eigenvalue weighted by molar-refractivity contribution is -0.115. The van der Waals surface area contributed by atoms with Gasteiger partial charge in [-0.15, -0.1) is 11.3 Å². The van der Waals surface area contributed by atoms with E-state index in [1.165, 1.54) is 35.3 Å². The molecule has 6 heteroatoms. The van der Waals surface area contributed by atoms with Gasteiger partial charge in [0.25, 0.3) is 0 Å². The minimum Gasteiger partial charge on any atom is -0.493 e. The van der Waals surface area contributed by atoms with Gasteiger partial charge in [-0.1, -0.05) is 12.1 Å². The highest BCUT2D eigenvalue weighted by atomic mass is 32.1. The van der Waals surface area contributed by atoms with Crippen molar-refractivity contribution >= 4 is 22.9 Å². The summed E-state index contributed by atoms with van der Waals surface area (Å²) in [4.78, 5) is 17.3. The summed E-state index contributed by atoms with van der Waals surface area (Å²) in [5, 5.41) is 5.88. The van der Waals surface area contributed by atoms with Crippen LogP contribution >= 0.6 is 11.3 Å². The van der Waals surface area contributed by atoms with E-state index in [1.807, 2.05) is 35.7 Å². The highest BCUT2D eigenvalue weighted by Gasteiger charge is 2.16. The van der Waals surface area contributed by atoms with E-state index in [-0.39, 0.29) is 12.3 Å². The van der Waals surface area contributed by atoms with E-state index >= 15 is 0 Å². The Morgan fingerprint density at radius 2 is 1.93 bits per heavy atom. The first-order valence-corrected chi connectivity index (χ1v) is 10.6. The van der Waals surface area contributed by atoms with Crippen LogP contribution < -0.4 is 14.8 Å². The number of nitrogens with one attached hydrogen (secondary N) is 1. The van der Waals surface area contributed by atoms with E-state index in [9.17, 15) is 4.79 Å². The third-order valence-electron chi connectivity index (χ3n) is 5.19. The van der Waals surface area contributed by atoms with E-state index in [2.05, 4.69) is 16.4 Å². The summed E-state index contributed by atoms with van der Waals surface area (Å²) >= 11 is 1.52. The molecule has 0 saturated heterocycles. The fraction of sp³-hybridized carbons (Fsp3) is 0.304. The molecule has 3 aromatic rings. The van der Waals surface area contributed by atoms with Crippen LogP contribution in [0, 0.1) is 0 Å². The van der Waals surface area contributed by atoms with Gasteiger partial charge in [-0.05, 0) is 61.1 Å². The zero-order valence-electron chi connectivity index (χ0n) is 16.7. The first-order valence-electron chi connectivity index (χ1n) is 9.75. The lowest BCUT2D eigenvalue weighted by Crippen LogP contribution is -2.17. The van der Waals surface area contributed by atoms with E-state index in [0.717, 1.165) is 34.8 Å². The van der Waals surface area contributed by atoms with Crippen LogP contribution in [0.25, 0.3) is 10.6 Å². The maximum atomic E-state index is 12.6. The number of aryl methyl sites for hydroxylation is 1. The van der Waals surface area contributed by atoms with Gasteiger partial charge >= 0.3 is 0 Å². The van der Waals surface area contributed by atoms with Crippen LogP contribution in [0.3, 0.4) is 0 Å². The van der Waals surface area contributed by atoms with Gasteiger partial charge in [-0.2, -0.15) is 0 Å². The largest absolute Gasteiger partial charge is 0.493 e. The van der Waals surface area contributed by atoms with Crippen molar-refractivity contribution in [1.29, 1.82) is 0 Å². The van der Waals surface area contributed by atoms with Crippen LogP contribution in [-0.2, 0) is 24.1 Å². The molecule has 0 unspecified atom stereocenters. The van der Waals surface area contributed by atoms with Crippen molar-refractivity contribution in [3.63, 3.8) is 0 Å². The number of hydrogen-bond acceptors (Lipinski definition) is 5. The number of methoxy groups -OCH3 is 2. The average Bonchev–Trinajstić information content (AvgIpc) is 3.21. The highest BCUT2D eigenvalue weighted by Crippen LogP contribution is 2.33. The van der Waals surface area contributed by atoms with Crippen LogP contribution in [0.5, 0.6) is 11.5 Å². The molecule has 1 N–H and O–H groups in total. The Bertz CT molecular complexity index is 1030. The van der Waals surface area contributed by atoms with Crippen LogP contribution in [0.15, 0.2) is 41.8 Å². The molecule has 0 bridgehead atoms. The van der Waals surface area contributed by atoms with Crippen molar-refractivity contribution in [2.45, 2.75) is 32.1 Å². The van der Waals surface area contributed by atoms with Gasteiger partial charge in [0.1, 0.15) is 5.01 Å². The van der Waals surface area contributed by atoms with Crippen LogP contribution in [-0.4, -0.2) is 25.1 Å². The number of carbonyl (C=O) groups is 1. The van der Waals surface area contributed by atoms with Gasteiger partial charge in [0, 0.05) is 16.6 Å². The Kier molecular flexibility index (Phi) is 5.81. The summed E-state index contributed by atoms with van der Waals surface area (Å²) in [6.45, 7) is 0. The molecule has 0 aliphatic heterocycles. The van der Waals surface area contributed by atoms with E-state index < -0.39 is 0 Å². The Labute approximate surface area is 174 Å². The molecular formula is C23H24N2O3S. The summed E-state index contributed by atoms with van der Waals surface area (Å²) in [5.41, 5.74) is 5.30. The number of fused-ring (bicyclic) bond motifs is 1. The third kappa shape index (κ3) is 4.27. The number of nitrogens with zero attached hydrogens (tertiary/aromatic N) is 1. The van der Waals surface area contributed by atoms with Crippen LogP contribution in [0.1, 0.15) is 29.7 Å². The molecule has 0 atom stereocenters. The van der Waals surface area contributed by atoms with Crippen molar-refractivity contribution in [1.82, 2.24) is 4.98 Å². The van der Waals surface area contributed by atoms with Gasteiger partial charge in [0.15, 0.2) is 11.5 Å². The molecule has 1 heterocycles. The van der Waals surface area contributed by atoms with E-state index in [4.69, 9.17) is 9.47 Å². The van der Waals surface area contributed by atoms with Gasteiger partial charge in [-0.3, -0.25) is 4.79 Å². The molecule has 4 rings (SSSR count). The predicted molar refractivity (Wildman–Crippen MR) is 116 cm³/mol. The number of carbonyl (C=O) groups excluding carboxylic acids is 1. The van der Waals surface area contributed by atoms with E-state index in [0.29, 0.717) is 11.5 Å². The molecule has 1 aromatic heterocycles. The zero-order valence-corrected chi connectivity index (χ0v) is 17.5. The smallest absolute Gasteiger partial charge is 0.230 e. The molecule has 5 nitrogen and oxygen atoms in total. The molecule has 1 aliphatic rings. The quantitative estimate of drug-likeness (QED) is 0.631. The van der Waals surface area contributed by atoms with Crippen molar-refractivity contribution in [3.8, 4) is 22.1 Å². The van der Waals surface area contributed by atoms with Gasteiger partial charge in [0.05, 0.1) is 26.3 Å². The normalized spacial score (nSPS) is 12.9. The average molecular weight is 409 g/mol. The Morgan fingerprint density at radius 1 is 1.10 bits per heavy atom. The molecule has 1 aliphatic carbocycles. The molecule has 0 fully saturated rings. The number of ether oxygens (including phenoxy) is 2. The molecule has 2 aromatic carbocycles. The number of aromatic nitrogens is 1. The van der Waals surface area contributed by atoms with Crippen molar-refractivity contribution in [2.24, 2.45) is 0 Å². The molecule has 1 amide bonds. The number of anilines is 1. The topological polar surface area (TPSA) is 60.5 Å². The minimum atomic E-state index is -0.0341. The predicted octanol–water partition coefficient (Wildman–Crippen LogP) is 4.89. The molecule has 29 heavy (non-hydrogen) atoms. The number of amides is 1. The maximum Gasteiger partial charge on any atom is 0.230 e. The summed E-state index contributed by atoms with van der Waals surface area (Å²) in [6, 6.07) is 11.9. The fourth-order valence-corrected chi connectivity index (χ4v) is 4.56. The van der Waals surface area contributed by atoms with Crippen molar-refractivity contribution < 1.29 is 14.3 Å². The lowest BCUT2D eigenvalue weighted by atomic mass is 9.90. The third-order valence-corrected chi connectivity index (χ3v) is 6.13. The van der Waals surface area contributed by atoms with Crippen molar-refractivity contribution in [3.05, 3.63) is 58.6 Å². The Hall–Kier alpha value is -2.86. The second kappa shape index (κ2) is 8.66. The van der Waals surface area contributed by atoms with E-state index in [1.54, 1.807) is 14.2 Å². The molecular weight excluding hydrogens is 384 g/mol.